The van der Waals surface area contributed by atoms with Gasteiger partial charge in [-0.3, -0.25) is 14.4 Å². The van der Waals surface area contributed by atoms with Gasteiger partial charge >= 0.3 is 0 Å². The quantitative estimate of drug-likeness (QED) is 0.747. The summed E-state index contributed by atoms with van der Waals surface area (Å²) in [4.78, 5) is 4.41. The first-order chi connectivity index (χ1) is 12.3. The van der Waals surface area contributed by atoms with Gasteiger partial charge in [0.1, 0.15) is 0 Å². The van der Waals surface area contributed by atoms with Gasteiger partial charge in [-0.2, -0.15) is 5.10 Å². The van der Waals surface area contributed by atoms with Crippen LogP contribution in [-0.4, -0.2) is 23.2 Å². The first-order valence-corrected chi connectivity index (χ1v) is 9.78. The van der Waals surface area contributed by atoms with E-state index >= 15 is 0 Å². The Morgan fingerprint density at radius 3 is 2.38 bits per heavy atom. The Hall–Kier alpha value is -2.67. The van der Waals surface area contributed by atoms with E-state index in [1.54, 1.807) is 23.3 Å². The molecule has 0 saturated carbocycles. The van der Waals surface area contributed by atoms with Crippen molar-refractivity contribution < 1.29 is 8.42 Å². The average Bonchev–Trinajstić information content (AvgIpc) is 3.00. The maximum atomic E-state index is 13.0. The highest BCUT2D eigenvalue weighted by Gasteiger charge is 2.22. The number of aryl methyl sites for hydroxylation is 2. The lowest BCUT2D eigenvalue weighted by Crippen LogP contribution is -2.16. The monoisotopic (exact) mass is 370 g/mol. The SMILES string of the molecule is Cc1cc(C)c(C)c(S(=O)(=O)Nc2cnn(Cc3cccnc3)c2)c1C. The predicted molar refractivity (Wildman–Crippen MR) is 102 cm³/mol. The number of pyridine rings is 1. The lowest BCUT2D eigenvalue weighted by atomic mass is 10.0. The molecule has 0 saturated heterocycles. The molecule has 0 aliphatic carbocycles. The molecule has 1 N–H and O–H groups in total. The molecule has 3 rings (SSSR count). The summed E-state index contributed by atoms with van der Waals surface area (Å²) in [6, 6.07) is 5.81. The maximum absolute atomic E-state index is 13.0. The number of nitrogens with one attached hydrogen (secondary N) is 1. The van der Waals surface area contributed by atoms with Gasteiger partial charge in [-0.25, -0.2) is 8.42 Å². The number of rotatable bonds is 5. The van der Waals surface area contributed by atoms with E-state index in [1.807, 2.05) is 45.9 Å². The Morgan fingerprint density at radius 2 is 1.77 bits per heavy atom. The molecule has 26 heavy (non-hydrogen) atoms. The fourth-order valence-electron chi connectivity index (χ4n) is 2.97. The van der Waals surface area contributed by atoms with E-state index in [0.29, 0.717) is 17.1 Å². The molecule has 2 heterocycles. The predicted octanol–water partition coefficient (Wildman–Crippen LogP) is 3.36. The van der Waals surface area contributed by atoms with Gasteiger partial charge in [0.15, 0.2) is 0 Å². The van der Waals surface area contributed by atoms with Crippen molar-refractivity contribution in [2.24, 2.45) is 0 Å². The fraction of sp³-hybridized carbons (Fsp3) is 0.263. The minimum absolute atomic E-state index is 0.343. The molecule has 0 spiro atoms. The molecule has 0 fully saturated rings. The molecular formula is C19H22N4O2S. The van der Waals surface area contributed by atoms with Crippen LogP contribution in [0, 0.1) is 27.7 Å². The van der Waals surface area contributed by atoms with Crippen LogP contribution in [0.1, 0.15) is 27.8 Å². The second-order valence-electron chi connectivity index (χ2n) is 6.48. The highest BCUT2D eigenvalue weighted by atomic mass is 32.2. The standard InChI is InChI=1S/C19H22N4O2S/c1-13-8-14(2)16(4)19(15(13)3)26(24,25)22-18-10-21-23(12-18)11-17-6-5-7-20-9-17/h5-10,12,22H,11H2,1-4H3. The van der Waals surface area contributed by atoms with Crippen LogP contribution in [0.3, 0.4) is 0 Å². The van der Waals surface area contributed by atoms with Gasteiger partial charge in [-0.15, -0.1) is 0 Å². The van der Waals surface area contributed by atoms with Gasteiger partial charge in [0.2, 0.25) is 0 Å². The van der Waals surface area contributed by atoms with E-state index < -0.39 is 10.0 Å². The van der Waals surface area contributed by atoms with E-state index in [1.165, 1.54) is 6.20 Å². The molecule has 0 bridgehead atoms. The molecule has 3 aromatic rings. The molecule has 0 unspecified atom stereocenters. The molecule has 0 aliphatic heterocycles. The maximum Gasteiger partial charge on any atom is 0.262 e. The van der Waals surface area contributed by atoms with Crippen LogP contribution in [-0.2, 0) is 16.6 Å². The van der Waals surface area contributed by atoms with E-state index in [0.717, 1.165) is 27.8 Å². The summed E-state index contributed by atoms with van der Waals surface area (Å²) in [5.74, 6) is 0. The van der Waals surface area contributed by atoms with Crippen LogP contribution < -0.4 is 4.72 Å². The van der Waals surface area contributed by atoms with E-state index in [-0.39, 0.29) is 0 Å². The van der Waals surface area contributed by atoms with E-state index in [9.17, 15) is 8.42 Å². The molecule has 7 heteroatoms. The van der Waals surface area contributed by atoms with Crippen molar-refractivity contribution in [3.05, 3.63) is 70.8 Å². The summed E-state index contributed by atoms with van der Waals surface area (Å²) in [6.07, 6.45) is 6.66. The van der Waals surface area contributed by atoms with Gasteiger partial charge in [-0.05, 0) is 61.6 Å². The number of hydrogen-bond acceptors (Lipinski definition) is 4. The molecular weight excluding hydrogens is 348 g/mol. The van der Waals surface area contributed by atoms with Crippen molar-refractivity contribution in [2.45, 2.75) is 39.1 Å². The number of sulfonamides is 1. The van der Waals surface area contributed by atoms with Crippen LogP contribution in [0.2, 0.25) is 0 Å². The lowest BCUT2D eigenvalue weighted by molar-refractivity contribution is 0.599. The Kier molecular flexibility index (Phi) is 4.82. The first-order valence-electron chi connectivity index (χ1n) is 8.29. The largest absolute Gasteiger partial charge is 0.276 e. The topological polar surface area (TPSA) is 76.9 Å². The Balaban J connectivity index is 1.88. The van der Waals surface area contributed by atoms with Crippen molar-refractivity contribution in [1.82, 2.24) is 14.8 Å². The van der Waals surface area contributed by atoms with Crippen molar-refractivity contribution in [1.29, 1.82) is 0 Å². The first kappa shape index (κ1) is 18.1. The lowest BCUT2D eigenvalue weighted by Gasteiger charge is -2.16. The van der Waals surface area contributed by atoms with E-state index in [4.69, 9.17) is 0 Å². The highest BCUT2D eigenvalue weighted by Crippen LogP contribution is 2.27. The normalized spacial score (nSPS) is 11.5. The molecule has 2 aromatic heterocycles. The number of hydrogen-bond donors (Lipinski definition) is 1. The van der Waals surface area contributed by atoms with Gasteiger partial charge in [0, 0.05) is 18.6 Å². The molecule has 6 nitrogen and oxygen atoms in total. The summed E-state index contributed by atoms with van der Waals surface area (Å²) >= 11 is 0. The zero-order chi connectivity index (χ0) is 18.9. The molecule has 136 valence electrons. The van der Waals surface area contributed by atoms with Crippen LogP contribution in [0.5, 0.6) is 0 Å². The second-order valence-corrected chi connectivity index (χ2v) is 8.10. The van der Waals surface area contributed by atoms with Crippen molar-refractivity contribution in [3.63, 3.8) is 0 Å². The minimum atomic E-state index is -3.69. The van der Waals surface area contributed by atoms with Crippen molar-refractivity contribution in [3.8, 4) is 0 Å². The summed E-state index contributed by atoms with van der Waals surface area (Å²) < 4.78 is 30.2. The van der Waals surface area contributed by atoms with Crippen LogP contribution in [0.25, 0.3) is 0 Å². The van der Waals surface area contributed by atoms with Gasteiger partial charge in [0.25, 0.3) is 10.0 Å². The summed E-state index contributed by atoms with van der Waals surface area (Å²) in [6.45, 7) is 8.04. The van der Waals surface area contributed by atoms with Crippen molar-refractivity contribution in [2.75, 3.05) is 4.72 Å². The second kappa shape index (κ2) is 6.92. The summed E-state index contributed by atoms with van der Waals surface area (Å²) in [7, 11) is -3.69. The smallest absolute Gasteiger partial charge is 0.262 e. The van der Waals surface area contributed by atoms with E-state index in [2.05, 4.69) is 14.8 Å². The Bertz CT molecular complexity index is 1010. The Morgan fingerprint density at radius 1 is 1.08 bits per heavy atom. The fourth-order valence-corrected chi connectivity index (χ4v) is 4.62. The molecule has 0 atom stereocenters. The van der Waals surface area contributed by atoms with Gasteiger partial charge < -0.3 is 0 Å². The molecule has 0 amide bonds. The summed E-state index contributed by atoms with van der Waals surface area (Å²) in [5.41, 5.74) is 4.88. The number of anilines is 1. The number of benzene rings is 1. The number of nitrogens with zero attached hydrogens (tertiary/aromatic N) is 3. The average molecular weight is 370 g/mol. The third-order valence-electron chi connectivity index (χ3n) is 4.52. The zero-order valence-electron chi connectivity index (χ0n) is 15.3. The van der Waals surface area contributed by atoms with Gasteiger partial charge in [-0.1, -0.05) is 12.1 Å². The van der Waals surface area contributed by atoms with Crippen LogP contribution in [0.15, 0.2) is 47.9 Å². The zero-order valence-corrected chi connectivity index (χ0v) is 16.1. The number of aromatic nitrogens is 3. The molecule has 0 aliphatic rings. The summed E-state index contributed by atoms with van der Waals surface area (Å²) in [5, 5.41) is 4.23. The van der Waals surface area contributed by atoms with Crippen molar-refractivity contribution >= 4 is 15.7 Å². The third-order valence-corrected chi connectivity index (χ3v) is 6.17. The highest BCUT2D eigenvalue weighted by molar-refractivity contribution is 7.92. The third kappa shape index (κ3) is 3.62. The van der Waals surface area contributed by atoms with Gasteiger partial charge in [0.05, 0.1) is 23.3 Å². The van der Waals surface area contributed by atoms with Crippen LogP contribution >= 0.6 is 0 Å². The minimum Gasteiger partial charge on any atom is -0.276 e. The molecule has 0 radical (unpaired) electrons. The Labute approximate surface area is 154 Å². The van der Waals surface area contributed by atoms with Crippen LogP contribution in [0.4, 0.5) is 5.69 Å². The molecule has 1 aromatic carbocycles.